The van der Waals surface area contributed by atoms with Crippen LogP contribution >= 0.6 is 0 Å². The standard InChI is InChI=1S/C22H17N3.Ir/c1-22(2)13-24-12-6-7-14-20(24)19-15(22)8-5-11-18(19)25-17-10-4-3-9-16(17)23-21(14)25;/h3-6,8-12H,13H2,1-2H3;. The summed E-state index contributed by atoms with van der Waals surface area (Å²) in [5.74, 6) is 0. The Morgan fingerprint density at radius 2 is 1.88 bits per heavy atom. The van der Waals surface area contributed by atoms with Crippen LogP contribution in [-0.4, -0.2) is 9.38 Å². The van der Waals surface area contributed by atoms with Gasteiger partial charge in [-0.05, 0) is 43.0 Å². The molecule has 1 aliphatic rings. The first-order chi connectivity index (χ1) is 12.1. The number of hydrogen-bond acceptors (Lipinski definition) is 1. The summed E-state index contributed by atoms with van der Waals surface area (Å²) >= 11 is 0. The molecule has 0 amide bonds. The maximum atomic E-state index is 4.94. The fourth-order valence-corrected chi connectivity index (χ4v) is 4.56. The number of aromatic nitrogens is 3. The monoisotopic (exact) mass is 516 g/mol. The number of nitrogens with zero attached hydrogens (tertiary/aromatic N) is 3. The third-order valence-electron chi connectivity index (χ3n) is 5.61. The minimum atomic E-state index is 0. The number of fused-ring (bicyclic) bond motifs is 5. The molecule has 0 fully saturated rings. The molecule has 0 spiro atoms. The van der Waals surface area contributed by atoms with Gasteiger partial charge in [-0.25, -0.2) is 0 Å². The van der Waals surface area contributed by atoms with E-state index in [1.54, 1.807) is 0 Å². The Bertz CT molecular complexity index is 1350. The summed E-state index contributed by atoms with van der Waals surface area (Å²) < 4.78 is 4.68. The second kappa shape index (κ2) is 5.12. The quantitative estimate of drug-likeness (QED) is 0.172. The molecule has 2 aromatic carbocycles. The van der Waals surface area contributed by atoms with E-state index in [4.69, 9.17) is 4.98 Å². The van der Waals surface area contributed by atoms with Crippen molar-refractivity contribution in [3.63, 3.8) is 0 Å². The van der Waals surface area contributed by atoms with Crippen molar-refractivity contribution in [2.75, 3.05) is 0 Å². The molecule has 5 aromatic rings. The zero-order valence-electron chi connectivity index (χ0n) is 14.6. The second-order valence-corrected chi connectivity index (χ2v) is 7.65. The normalized spacial score (nSPS) is 15.2. The van der Waals surface area contributed by atoms with Crippen LogP contribution in [0, 0.1) is 6.07 Å². The van der Waals surface area contributed by atoms with E-state index in [9.17, 15) is 0 Å². The molecule has 129 valence electrons. The van der Waals surface area contributed by atoms with Gasteiger partial charge in [0.25, 0.3) is 0 Å². The van der Waals surface area contributed by atoms with Crippen LogP contribution in [0.4, 0.5) is 0 Å². The first-order valence-electron chi connectivity index (χ1n) is 8.71. The molecule has 3 nitrogen and oxygen atoms in total. The van der Waals surface area contributed by atoms with E-state index >= 15 is 0 Å². The van der Waals surface area contributed by atoms with Crippen molar-refractivity contribution in [2.45, 2.75) is 25.8 Å². The van der Waals surface area contributed by atoms with E-state index in [0.29, 0.717) is 0 Å². The van der Waals surface area contributed by atoms with Crippen LogP contribution in [0.1, 0.15) is 19.4 Å². The Kier molecular flexibility index (Phi) is 3.14. The molecule has 26 heavy (non-hydrogen) atoms. The molecule has 1 aliphatic heterocycles. The van der Waals surface area contributed by atoms with Crippen LogP contribution in [0.5, 0.6) is 0 Å². The van der Waals surface area contributed by atoms with E-state index < -0.39 is 0 Å². The van der Waals surface area contributed by atoms with Gasteiger partial charge in [0.15, 0.2) is 0 Å². The predicted octanol–water partition coefficient (Wildman–Crippen LogP) is 4.17. The maximum absolute atomic E-state index is 4.94. The molecule has 1 radical (unpaired) electrons. The fraction of sp³-hybridized carbons (Fsp3) is 0.182. The van der Waals surface area contributed by atoms with Crippen molar-refractivity contribution in [3.8, 4) is 0 Å². The van der Waals surface area contributed by atoms with Gasteiger partial charge >= 0.3 is 0 Å². The van der Waals surface area contributed by atoms with Crippen molar-refractivity contribution in [3.05, 3.63) is 66.4 Å². The van der Waals surface area contributed by atoms with Gasteiger partial charge in [0.2, 0.25) is 0 Å². The van der Waals surface area contributed by atoms with Gasteiger partial charge in [-0.2, -0.15) is 0 Å². The number of benzene rings is 2. The number of para-hydroxylation sites is 2. The molecule has 0 unspecified atom stereocenters. The molecule has 0 aliphatic carbocycles. The van der Waals surface area contributed by atoms with E-state index in [1.807, 2.05) is 6.07 Å². The van der Waals surface area contributed by atoms with Crippen molar-refractivity contribution < 1.29 is 24.7 Å². The average molecular weight is 516 g/mol. The Morgan fingerprint density at radius 3 is 2.77 bits per heavy atom. The third kappa shape index (κ3) is 1.81. The molecule has 0 bridgehead atoms. The third-order valence-corrected chi connectivity index (χ3v) is 5.61. The van der Waals surface area contributed by atoms with E-state index in [1.165, 1.54) is 22.0 Å². The first-order valence-corrected chi connectivity index (χ1v) is 8.71. The van der Waals surface area contributed by atoms with Gasteiger partial charge in [-0.15, -0.1) is 6.07 Å². The molecular weight excluding hydrogens is 498 g/mol. The summed E-state index contributed by atoms with van der Waals surface area (Å²) in [6.07, 6.45) is 2.15. The topological polar surface area (TPSA) is 21.2 Å². The summed E-state index contributed by atoms with van der Waals surface area (Å²) in [5, 5.41) is 2.44. The smallest absolute Gasteiger partial charge is 0.140 e. The molecule has 4 heteroatoms. The summed E-state index contributed by atoms with van der Waals surface area (Å²) in [6.45, 7) is 5.63. The van der Waals surface area contributed by atoms with Crippen LogP contribution in [0.2, 0.25) is 0 Å². The Balaban J connectivity index is 0.00000150. The molecule has 3 aromatic heterocycles. The van der Waals surface area contributed by atoms with E-state index in [2.05, 4.69) is 77.5 Å². The Labute approximate surface area is 164 Å². The Hall–Kier alpha value is -2.29. The molecule has 0 saturated carbocycles. The molecule has 6 rings (SSSR count). The largest absolute Gasteiger partial charge is 0.333 e. The summed E-state index contributed by atoms with van der Waals surface area (Å²) in [6, 6.07) is 20.6. The van der Waals surface area contributed by atoms with Crippen LogP contribution in [-0.2, 0) is 32.1 Å². The second-order valence-electron chi connectivity index (χ2n) is 7.65. The molecule has 0 atom stereocenters. The van der Waals surface area contributed by atoms with Crippen molar-refractivity contribution in [2.24, 2.45) is 0 Å². The van der Waals surface area contributed by atoms with E-state index in [0.717, 1.165) is 28.6 Å². The van der Waals surface area contributed by atoms with Crippen LogP contribution in [0.25, 0.3) is 38.5 Å². The molecule has 0 saturated heterocycles. The number of rotatable bonds is 0. The zero-order chi connectivity index (χ0) is 16.8. The summed E-state index contributed by atoms with van der Waals surface area (Å²) in [5.41, 5.74) is 7.18. The minimum Gasteiger partial charge on any atom is -0.333 e. The zero-order valence-corrected chi connectivity index (χ0v) is 17.0. The average Bonchev–Trinajstić information content (AvgIpc) is 3.00. The minimum absolute atomic E-state index is 0. The van der Waals surface area contributed by atoms with Gasteiger partial charge in [-0.1, -0.05) is 30.3 Å². The van der Waals surface area contributed by atoms with Crippen LogP contribution < -0.4 is 4.57 Å². The van der Waals surface area contributed by atoms with Crippen molar-refractivity contribution in [1.29, 1.82) is 0 Å². The van der Waals surface area contributed by atoms with Gasteiger partial charge in [0, 0.05) is 36.4 Å². The van der Waals surface area contributed by atoms with Gasteiger partial charge in [-0.3, -0.25) is 9.55 Å². The van der Waals surface area contributed by atoms with Crippen molar-refractivity contribution >= 4 is 38.5 Å². The maximum Gasteiger partial charge on any atom is 0.140 e. The SMILES string of the molecule is CC1(C)C[n+]2cc[c-]c3c4nc5ccccc5n4c4cccc1c4c32.[Ir]. The molecular formula is C22H17IrN3. The molecule has 4 heterocycles. The van der Waals surface area contributed by atoms with Gasteiger partial charge < -0.3 is 4.40 Å². The van der Waals surface area contributed by atoms with Crippen LogP contribution in [0.15, 0.2) is 54.7 Å². The van der Waals surface area contributed by atoms with Crippen molar-refractivity contribution in [1.82, 2.24) is 9.38 Å². The number of hydrogen-bond donors (Lipinski definition) is 0. The summed E-state index contributed by atoms with van der Waals surface area (Å²) in [4.78, 5) is 4.94. The van der Waals surface area contributed by atoms with Gasteiger partial charge in [0.1, 0.15) is 12.1 Å². The van der Waals surface area contributed by atoms with E-state index in [-0.39, 0.29) is 25.5 Å². The fourth-order valence-electron chi connectivity index (χ4n) is 4.56. The summed E-state index contributed by atoms with van der Waals surface area (Å²) in [7, 11) is 0. The predicted molar refractivity (Wildman–Crippen MR) is 99.8 cm³/mol. The van der Waals surface area contributed by atoms with Crippen LogP contribution in [0.3, 0.4) is 0 Å². The Morgan fingerprint density at radius 1 is 1.08 bits per heavy atom. The number of pyridine rings is 2. The first kappa shape index (κ1) is 15.9. The van der Waals surface area contributed by atoms with Gasteiger partial charge in [0.05, 0.1) is 22.9 Å². The molecule has 0 N–H and O–H groups in total. The number of imidazole rings is 1.